The van der Waals surface area contributed by atoms with Gasteiger partial charge in [-0.3, -0.25) is 0 Å². The van der Waals surface area contributed by atoms with Crippen LogP contribution in [0.1, 0.15) is 6.85 Å². The second-order valence-corrected chi connectivity index (χ2v) is 7.83. The Labute approximate surface area is 192 Å². The fraction of sp³-hybridized carbons (Fsp3) is 0. The predicted molar refractivity (Wildman–Crippen MR) is 133 cm³/mol. The molecule has 2 heterocycles. The lowest BCUT2D eigenvalue weighted by Gasteiger charge is -2.10. The normalized spacial score (nSPS) is 13.9. The third kappa shape index (κ3) is 2.41. The molecule has 0 fully saturated rings. The van der Waals surface area contributed by atoms with Crippen LogP contribution >= 0.6 is 0 Å². The van der Waals surface area contributed by atoms with E-state index in [1.807, 2.05) is 54.6 Å². The van der Waals surface area contributed by atoms with Crippen molar-refractivity contribution in [2.45, 2.75) is 0 Å². The molecule has 7 aromatic rings. The number of para-hydroxylation sites is 2. The zero-order valence-corrected chi connectivity index (χ0v) is 16.9. The van der Waals surface area contributed by atoms with Gasteiger partial charge in [0.05, 0.1) is 17.9 Å². The first kappa shape index (κ1) is 13.2. The molecule has 0 spiro atoms. The first-order valence-electron chi connectivity index (χ1n) is 13.0. The van der Waals surface area contributed by atoms with Crippen molar-refractivity contribution in [2.75, 3.05) is 0 Å². The molecule has 150 valence electrons. The van der Waals surface area contributed by atoms with E-state index in [2.05, 4.69) is 28.8 Å². The Morgan fingerprint density at radius 1 is 0.594 bits per heavy atom. The van der Waals surface area contributed by atoms with Crippen molar-refractivity contribution < 1.29 is 11.3 Å². The molecule has 0 aliphatic carbocycles. The van der Waals surface area contributed by atoms with E-state index >= 15 is 0 Å². The molecule has 7 rings (SSSR count). The minimum absolute atomic E-state index is 0.192. The fourth-order valence-corrected chi connectivity index (χ4v) is 4.75. The average Bonchev–Trinajstić information content (AvgIpc) is 3.46. The van der Waals surface area contributed by atoms with Crippen LogP contribution in [0.3, 0.4) is 0 Å². The van der Waals surface area contributed by atoms with Gasteiger partial charge in [-0.2, -0.15) is 0 Å². The average molecular weight is 415 g/mol. The van der Waals surface area contributed by atoms with E-state index in [4.69, 9.17) is 11.3 Å². The molecular formula is C30H19NO. The summed E-state index contributed by atoms with van der Waals surface area (Å²) in [5, 5.41) is 4.29. The van der Waals surface area contributed by atoms with Crippen molar-refractivity contribution in [3.8, 4) is 16.8 Å². The van der Waals surface area contributed by atoms with Crippen molar-refractivity contribution in [3.63, 3.8) is 0 Å². The summed E-state index contributed by atoms with van der Waals surface area (Å²) in [5.74, 6) is 0. The Kier molecular flexibility index (Phi) is 2.72. The van der Waals surface area contributed by atoms with Gasteiger partial charge < -0.3 is 8.98 Å². The lowest BCUT2D eigenvalue weighted by atomic mass is 10.0. The largest absolute Gasteiger partial charge is 0.456 e. The summed E-state index contributed by atoms with van der Waals surface area (Å²) in [6.07, 6.45) is 0. The standard InChI is InChI=1S/C30H19NO/c1-2-9-20(10-3-1)21-11-8-12-22(19-21)31-25-15-6-4-13-23(25)29-26(31)17-18-28-30(29)24-14-5-7-16-27(24)32-28/h1-19H/i1D,2D,3D,9D,10D. The molecule has 32 heavy (non-hydrogen) atoms. The van der Waals surface area contributed by atoms with E-state index in [0.29, 0.717) is 5.56 Å². The Bertz CT molecular complexity index is 2020. The Morgan fingerprint density at radius 2 is 1.41 bits per heavy atom. The molecule has 0 bridgehead atoms. The van der Waals surface area contributed by atoms with Crippen molar-refractivity contribution in [1.82, 2.24) is 4.57 Å². The molecule has 0 N–H and O–H groups in total. The van der Waals surface area contributed by atoms with Crippen LogP contribution in [0.2, 0.25) is 0 Å². The molecule has 2 aromatic heterocycles. The van der Waals surface area contributed by atoms with Gasteiger partial charge >= 0.3 is 0 Å². The molecule has 0 aliphatic heterocycles. The van der Waals surface area contributed by atoms with E-state index in [-0.39, 0.29) is 29.7 Å². The van der Waals surface area contributed by atoms with Crippen molar-refractivity contribution in [2.24, 2.45) is 0 Å². The Hall–Kier alpha value is -4.30. The third-order valence-corrected chi connectivity index (χ3v) is 6.07. The summed E-state index contributed by atoms with van der Waals surface area (Å²) >= 11 is 0. The predicted octanol–water partition coefficient (Wildman–Crippen LogP) is 8.35. The minimum Gasteiger partial charge on any atom is -0.456 e. The van der Waals surface area contributed by atoms with Crippen LogP contribution in [0.4, 0.5) is 0 Å². The van der Waals surface area contributed by atoms with E-state index in [1.54, 1.807) is 6.07 Å². The van der Waals surface area contributed by atoms with Gasteiger partial charge in [-0.1, -0.05) is 78.7 Å². The van der Waals surface area contributed by atoms with Gasteiger partial charge in [-0.25, -0.2) is 0 Å². The molecule has 5 aromatic carbocycles. The zero-order chi connectivity index (χ0) is 25.4. The molecule has 2 heteroatoms. The maximum atomic E-state index is 8.44. The highest BCUT2D eigenvalue weighted by atomic mass is 16.3. The maximum Gasteiger partial charge on any atom is 0.136 e. The number of nitrogens with zero attached hydrogens (tertiary/aromatic N) is 1. The highest BCUT2D eigenvalue weighted by molar-refractivity contribution is 6.27. The number of furan rings is 1. The lowest BCUT2D eigenvalue weighted by molar-refractivity contribution is 0.669. The first-order valence-corrected chi connectivity index (χ1v) is 10.5. The molecule has 0 saturated carbocycles. The number of benzene rings is 5. The Balaban J connectivity index is 1.57. The summed E-state index contributed by atoms with van der Waals surface area (Å²) in [5.41, 5.74) is 5.26. The number of aromatic nitrogens is 1. The summed E-state index contributed by atoms with van der Waals surface area (Å²) < 4.78 is 49.3. The van der Waals surface area contributed by atoms with Crippen LogP contribution in [-0.2, 0) is 0 Å². The van der Waals surface area contributed by atoms with Gasteiger partial charge in [-0.15, -0.1) is 0 Å². The monoisotopic (exact) mass is 414 g/mol. The van der Waals surface area contributed by atoms with Crippen molar-refractivity contribution in [1.29, 1.82) is 0 Å². The number of fused-ring (bicyclic) bond motifs is 7. The third-order valence-electron chi connectivity index (χ3n) is 6.07. The van der Waals surface area contributed by atoms with Crippen LogP contribution in [0.5, 0.6) is 0 Å². The molecular weight excluding hydrogens is 390 g/mol. The van der Waals surface area contributed by atoms with Gasteiger partial charge in [0.25, 0.3) is 0 Å². The van der Waals surface area contributed by atoms with Gasteiger partial charge in [0.2, 0.25) is 0 Å². The number of hydrogen-bond donors (Lipinski definition) is 0. The second kappa shape index (κ2) is 6.60. The number of hydrogen-bond acceptors (Lipinski definition) is 1. The molecule has 0 radical (unpaired) electrons. The van der Waals surface area contributed by atoms with E-state index in [1.165, 1.54) is 0 Å². The van der Waals surface area contributed by atoms with Crippen molar-refractivity contribution in [3.05, 3.63) is 115 Å². The van der Waals surface area contributed by atoms with Crippen LogP contribution in [-0.4, -0.2) is 4.57 Å². The minimum atomic E-state index is -0.395. The fourth-order valence-electron chi connectivity index (χ4n) is 4.75. The van der Waals surface area contributed by atoms with Crippen LogP contribution < -0.4 is 0 Å². The molecule has 0 aliphatic rings. The SMILES string of the molecule is [2H]c1c([2H])c([2H])c(-c2cccc(-n3c4ccccc4c4c5c(ccc43)oc3ccccc35)c2)c([2H])c1[2H]. The Morgan fingerprint density at radius 3 is 2.31 bits per heavy atom. The molecule has 0 unspecified atom stereocenters. The molecule has 0 amide bonds. The lowest BCUT2D eigenvalue weighted by Crippen LogP contribution is -1.94. The van der Waals surface area contributed by atoms with Gasteiger partial charge in [-0.05, 0) is 47.5 Å². The quantitative estimate of drug-likeness (QED) is 0.278. The van der Waals surface area contributed by atoms with E-state index < -0.39 is 6.04 Å². The van der Waals surface area contributed by atoms with Gasteiger partial charge in [0, 0.05) is 27.2 Å². The van der Waals surface area contributed by atoms with Gasteiger partial charge in [0.1, 0.15) is 11.2 Å². The second-order valence-electron chi connectivity index (χ2n) is 7.83. The molecule has 0 atom stereocenters. The highest BCUT2D eigenvalue weighted by Gasteiger charge is 2.18. The van der Waals surface area contributed by atoms with E-state index in [0.717, 1.165) is 49.4 Å². The summed E-state index contributed by atoms with van der Waals surface area (Å²) in [4.78, 5) is 0. The summed E-state index contributed by atoms with van der Waals surface area (Å²) in [7, 11) is 0. The zero-order valence-electron chi connectivity index (χ0n) is 21.9. The smallest absolute Gasteiger partial charge is 0.136 e. The van der Waals surface area contributed by atoms with Crippen LogP contribution in [0, 0.1) is 0 Å². The molecule has 2 nitrogen and oxygen atoms in total. The summed E-state index contributed by atoms with van der Waals surface area (Å²) in [6, 6.07) is 26.3. The van der Waals surface area contributed by atoms with Gasteiger partial charge in [0.15, 0.2) is 0 Å². The van der Waals surface area contributed by atoms with Crippen LogP contribution in [0.15, 0.2) is 120 Å². The summed E-state index contributed by atoms with van der Waals surface area (Å²) in [6.45, 7) is 0. The van der Waals surface area contributed by atoms with Crippen molar-refractivity contribution >= 4 is 43.7 Å². The number of rotatable bonds is 2. The van der Waals surface area contributed by atoms with E-state index in [9.17, 15) is 0 Å². The first-order chi connectivity index (χ1) is 18.0. The maximum absolute atomic E-state index is 8.44. The molecule has 0 saturated heterocycles. The highest BCUT2D eigenvalue weighted by Crippen LogP contribution is 2.41. The topological polar surface area (TPSA) is 18.1 Å². The van der Waals surface area contributed by atoms with Crippen LogP contribution in [0.25, 0.3) is 60.6 Å².